The number of aliphatic hydroxyl groups is 3. The first-order chi connectivity index (χ1) is 17.0. The van der Waals surface area contributed by atoms with Crippen LogP contribution in [0, 0.1) is 0 Å². The summed E-state index contributed by atoms with van der Waals surface area (Å²) in [4.78, 5) is 26.6. The molecule has 2 aliphatic carbocycles. The standard InChI is InChI=1S/C26H29NO9/c1-3-26(34)9-16(36-17-8-14(27)21(29)10(2)35-17)19-13(25(26)33)7-12-20(24(19)32)23(31)18-11(22(12)30)5-4-6-15(18)28/h4-7,10,14,16-17,21,25,28-29,32-34H,3,8-9,27H2,1-2H3/t10-,14-,16-,17-,21+,25+,26+/m0/s1. The number of aromatic hydroxyl groups is 2. The molecule has 2 aromatic rings. The third-order valence-corrected chi connectivity index (χ3v) is 7.70. The molecule has 2 aromatic carbocycles. The van der Waals surface area contributed by atoms with Crippen molar-refractivity contribution in [2.45, 2.75) is 75.5 Å². The molecule has 7 atom stereocenters. The average molecular weight is 500 g/mol. The number of aliphatic hydroxyl groups excluding tert-OH is 2. The van der Waals surface area contributed by atoms with Gasteiger partial charge >= 0.3 is 0 Å². The highest BCUT2D eigenvalue weighted by atomic mass is 16.7. The van der Waals surface area contributed by atoms with E-state index >= 15 is 0 Å². The number of phenolic OH excluding ortho intramolecular Hbond substituents is 2. The van der Waals surface area contributed by atoms with Crippen LogP contribution in [0.3, 0.4) is 0 Å². The number of phenols is 2. The maximum absolute atomic E-state index is 13.4. The predicted octanol–water partition coefficient (Wildman–Crippen LogP) is 1.33. The van der Waals surface area contributed by atoms with Crippen LogP contribution in [0.2, 0.25) is 0 Å². The Morgan fingerprint density at radius 3 is 2.53 bits per heavy atom. The fourth-order valence-corrected chi connectivity index (χ4v) is 5.55. The summed E-state index contributed by atoms with van der Waals surface area (Å²) >= 11 is 0. The number of hydrogen-bond donors (Lipinski definition) is 6. The van der Waals surface area contributed by atoms with Crippen LogP contribution in [0.15, 0.2) is 24.3 Å². The largest absolute Gasteiger partial charge is 0.507 e. The van der Waals surface area contributed by atoms with Crippen molar-refractivity contribution in [3.63, 3.8) is 0 Å². The number of hydrogen-bond acceptors (Lipinski definition) is 10. The van der Waals surface area contributed by atoms with E-state index in [4.69, 9.17) is 15.2 Å². The second-order valence-corrected chi connectivity index (χ2v) is 9.86. The second kappa shape index (κ2) is 8.62. The number of fused-ring (bicyclic) bond motifs is 3. The number of ketones is 2. The van der Waals surface area contributed by atoms with Gasteiger partial charge < -0.3 is 40.7 Å². The summed E-state index contributed by atoms with van der Waals surface area (Å²) < 4.78 is 11.9. The minimum atomic E-state index is -1.65. The number of carbonyl (C=O) groups excluding carboxylic acids is 2. The molecular formula is C26H29NO9. The van der Waals surface area contributed by atoms with Gasteiger partial charge in [-0.05, 0) is 31.0 Å². The Balaban J connectivity index is 1.65. The van der Waals surface area contributed by atoms with Crippen LogP contribution in [0.1, 0.15) is 88.3 Å². The minimum Gasteiger partial charge on any atom is -0.507 e. The molecule has 0 aromatic heterocycles. The third kappa shape index (κ3) is 3.56. The van der Waals surface area contributed by atoms with Crippen LogP contribution in [0.4, 0.5) is 0 Å². The molecule has 0 unspecified atom stereocenters. The highest BCUT2D eigenvalue weighted by molar-refractivity contribution is 6.30. The summed E-state index contributed by atoms with van der Waals surface area (Å²) in [5.41, 5.74) is 3.80. The summed E-state index contributed by atoms with van der Waals surface area (Å²) in [5.74, 6) is -2.30. The van der Waals surface area contributed by atoms with Crippen LogP contribution >= 0.6 is 0 Å². The van der Waals surface area contributed by atoms with E-state index in [1.54, 1.807) is 13.8 Å². The van der Waals surface area contributed by atoms with Crippen molar-refractivity contribution in [2.75, 3.05) is 0 Å². The summed E-state index contributed by atoms with van der Waals surface area (Å²) in [6.45, 7) is 3.33. The molecule has 0 amide bonds. The van der Waals surface area contributed by atoms with Crippen LogP contribution in [-0.2, 0) is 9.47 Å². The van der Waals surface area contributed by atoms with Crippen molar-refractivity contribution in [1.29, 1.82) is 0 Å². The van der Waals surface area contributed by atoms with E-state index in [1.165, 1.54) is 24.3 Å². The van der Waals surface area contributed by atoms with Gasteiger partial charge in [0.05, 0.1) is 35.0 Å². The quantitative estimate of drug-likeness (QED) is 0.308. The Kier molecular flexibility index (Phi) is 5.94. The van der Waals surface area contributed by atoms with Gasteiger partial charge in [0.25, 0.3) is 0 Å². The molecule has 7 N–H and O–H groups in total. The van der Waals surface area contributed by atoms with Gasteiger partial charge in [0, 0.05) is 35.6 Å². The highest BCUT2D eigenvalue weighted by Crippen LogP contribution is 2.52. The topological polar surface area (TPSA) is 180 Å². The van der Waals surface area contributed by atoms with Crippen molar-refractivity contribution in [2.24, 2.45) is 5.73 Å². The second-order valence-electron chi connectivity index (χ2n) is 9.86. The van der Waals surface area contributed by atoms with Gasteiger partial charge in [-0.1, -0.05) is 19.1 Å². The molecule has 0 spiro atoms. The van der Waals surface area contributed by atoms with Crippen LogP contribution in [0.25, 0.3) is 0 Å². The average Bonchev–Trinajstić information content (AvgIpc) is 2.83. The lowest BCUT2D eigenvalue weighted by Gasteiger charge is -2.44. The molecule has 1 fully saturated rings. The van der Waals surface area contributed by atoms with E-state index < -0.39 is 59.7 Å². The summed E-state index contributed by atoms with van der Waals surface area (Å²) in [7, 11) is 0. The Morgan fingerprint density at radius 2 is 1.86 bits per heavy atom. The van der Waals surface area contributed by atoms with Crippen molar-refractivity contribution < 1.29 is 44.6 Å². The van der Waals surface area contributed by atoms with Gasteiger partial charge in [0.15, 0.2) is 12.1 Å². The molecule has 1 heterocycles. The van der Waals surface area contributed by atoms with E-state index in [1.807, 2.05) is 0 Å². The van der Waals surface area contributed by atoms with Crippen LogP contribution in [0.5, 0.6) is 11.5 Å². The monoisotopic (exact) mass is 499 g/mol. The predicted molar refractivity (Wildman–Crippen MR) is 125 cm³/mol. The molecular weight excluding hydrogens is 470 g/mol. The molecule has 1 saturated heterocycles. The zero-order valence-corrected chi connectivity index (χ0v) is 19.8. The first-order valence-electron chi connectivity index (χ1n) is 11.9. The fourth-order valence-electron chi connectivity index (χ4n) is 5.55. The highest BCUT2D eigenvalue weighted by Gasteiger charge is 2.49. The smallest absolute Gasteiger partial charge is 0.201 e. The van der Waals surface area contributed by atoms with E-state index in [2.05, 4.69) is 0 Å². The van der Waals surface area contributed by atoms with Crippen LogP contribution in [-0.4, -0.2) is 67.2 Å². The Morgan fingerprint density at radius 1 is 1.14 bits per heavy atom. The van der Waals surface area contributed by atoms with Gasteiger partial charge in [-0.3, -0.25) is 9.59 Å². The van der Waals surface area contributed by atoms with Crippen molar-refractivity contribution >= 4 is 11.6 Å². The van der Waals surface area contributed by atoms with E-state index in [0.29, 0.717) is 0 Å². The zero-order valence-electron chi connectivity index (χ0n) is 19.8. The van der Waals surface area contributed by atoms with Gasteiger partial charge in [0.1, 0.15) is 17.6 Å². The Bertz CT molecular complexity index is 1250. The van der Waals surface area contributed by atoms with Gasteiger partial charge in [-0.15, -0.1) is 0 Å². The third-order valence-electron chi connectivity index (χ3n) is 7.70. The number of rotatable bonds is 3. The number of nitrogens with two attached hydrogens (primary N) is 1. The molecule has 10 heteroatoms. The normalized spacial score (nSPS) is 33.6. The lowest BCUT2D eigenvalue weighted by atomic mass is 9.71. The van der Waals surface area contributed by atoms with Gasteiger partial charge in [0.2, 0.25) is 5.78 Å². The lowest BCUT2D eigenvalue weighted by molar-refractivity contribution is -0.252. The van der Waals surface area contributed by atoms with Crippen molar-refractivity contribution in [1.82, 2.24) is 0 Å². The first-order valence-corrected chi connectivity index (χ1v) is 11.9. The Labute approximate surface area is 206 Å². The Hall–Kier alpha value is -2.86. The maximum atomic E-state index is 13.4. The first kappa shape index (κ1) is 24.8. The SMILES string of the molecule is CC[C@@]1(O)C[C@H](O[C@H]2C[C@H](N)[C@H](O)[C@H](C)O2)c2c(cc3c(c2O)C(=O)c2c(O)cccc2C3=O)[C@H]1O. The minimum absolute atomic E-state index is 0.0205. The summed E-state index contributed by atoms with van der Waals surface area (Å²) in [6.07, 6.45) is -4.80. The van der Waals surface area contributed by atoms with E-state index in [-0.39, 0.29) is 58.4 Å². The molecule has 192 valence electrons. The molecule has 3 aliphatic rings. The molecule has 5 rings (SSSR count). The van der Waals surface area contributed by atoms with Crippen molar-refractivity contribution in [3.05, 3.63) is 57.6 Å². The number of ether oxygens (including phenoxy) is 2. The van der Waals surface area contributed by atoms with Crippen LogP contribution < -0.4 is 5.73 Å². The van der Waals surface area contributed by atoms with Crippen molar-refractivity contribution in [3.8, 4) is 11.5 Å². The summed E-state index contributed by atoms with van der Waals surface area (Å²) in [6, 6.07) is 4.79. The van der Waals surface area contributed by atoms with E-state index in [9.17, 15) is 35.1 Å². The van der Waals surface area contributed by atoms with Gasteiger partial charge in [-0.2, -0.15) is 0 Å². The number of benzene rings is 2. The summed E-state index contributed by atoms with van der Waals surface area (Å²) in [5, 5.41) is 54.1. The molecule has 0 saturated carbocycles. The molecule has 0 bridgehead atoms. The van der Waals surface area contributed by atoms with E-state index in [0.717, 1.165) is 0 Å². The number of carbonyl (C=O) groups is 2. The molecule has 10 nitrogen and oxygen atoms in total. The fraction of sp³-hybridized carbons (Fsp3) is 0.462. The zero-order chi connectivity index (χ0) is 26.1. The molecule has 0 radical (unpaired) electrons. The maximum Gasteiger partial charge on any atom is 0.201 e. The molecule has 36 heavy (non-hydrogen) atoms. The lowest BCUT2D eigenvalue weighted by Crippen LogP contribution is -2.52. The molecule has 1 aliphatic heterocycles. The van der Waals surface area contributed by atoms with Gasteiger partial charge in [-0.25, -0.2) is 0 Å².